The zero-order chi connectivity index (χ0) is 16.1. The third-order valence-electron chi connectivity index (χ3n) is 2.88. The second-order valence-electron chi connectivity index (χ2n) is 4.92. The van der Waals surface area contributed by atoms with Crippen LogP contribution in [0.5, 0.6) is 11.5 Å². The average molecular weight is 318 g/mol. The van der Waals surface area contributed by atoms with Crippen LogP contribution in [-0.4, -0.2) is 24.3 Å². The molecule has 0 radical (unpaired) electrons. The monoisotopic (exact) mass is 318 g/mol. The average Bonchev–Trinajstić information content (AvgIpc) is 2.98. The molecular formula is C17H18O4S. The number of carboxylic acid groups (broad SMARTS) is 1. The van der Waals surface area contributed by atoms with Crippen LogP contribution in [0, 0.1) is 0 Å². The normalized spacial score (nSPS) is 11.5. The predicted molar refractivity (Wildman–Crippen MR) is 88.6 cm³/mol. The summed E-state index contributed by atoms with van der Waals surface area (Å²) in [4.78, 5) is 12.2. The number of hydrogen-bond donors (Lipinski definition) is 1. The Labute approximate surface area is 133 Å². The summed E-state index contributed by atoms with van der Waals surface area (Å²) >= 11 is 1.40. The van der Waals surface area contributed by atoms with Crippen molar-refractivity contribution in [1.29, 1.82) is 0 Å². The van der Waals surface area contributed by atoms with Crippen LogP contribution < -0.4 is 9.47 Å². The van der Waals surface area contributed by atoms with Gasteiger partial charge in [-0.05, 0) is 49.1 Å². The maximum Gasteiger partial charge on any atom is 0.337 e. The SMILES string of the molecule is COc1ccc(/C=C(\C(=O)O)c2cccs2)cc1OC(C)C. The van der Waals surface area contributed by atoms with E-state index in [0.717, 1.165) is 10.4 Å². The van der Waals surface area contributed by atoms with Gasteiger partial charge in [-0.3, -0.25) is 0 Å². The number of ether oxygens (including phenoxy) is 2. The third kappa shape index (κ3) is 3.89. The zero-order valence-electron chi connectivity index (χ0n) is 12.7. The molecule has 4 nitrogen and oxygen atoms in total. The van der Waals surface area contributed by atoms with Crippen molar-refractivity contribution in [2.75, 3.05) is 7.11 Å². The number of benzene rings is 1. The molecule has 116 valence electrons. The van der Waals surface area contributed by atoms with Gasteiger partial charge in [0.05, 0.1) is 18.8 Å². The molecule has 0 aliphatic carbocycles. The Morgan fingerprint density at radius 2 is 2.05 bits per heavy atom. The molecule has 2 aromatic rings. The highest BCUT2D eigenvalue weighted by molar-refractivity contribution is 7.11. The molecule has 0 spiro atoms. The number of aliphatic carboxylic acids is 1. The molecule has 0 saturated carbocycles. The summed E-state index contributed by atoms with van der Waals surface area (Å²) in [5, 5.41) is 11.3. The molecule has 1 heterocycles. The Balaban J connectivity index is 2.43. The van der Waals surface area contributed by atoms with Crippen molar-refractivity contribution in [3.8, 4) is 11.5 Å². The van der Waals surface area contributed by atoms with E-state index >= 15 is 0 Å². The van der Waals surface area contributed by atoms with Gasteiger partial charge >= 0.3 is 5.97 Å². The fraction of sp³-hybridized carbons (Fsp3) is 0.235. The summed E-state index contributed by atoms with van der Waals surface area (Å²) in [7, 11) is 1.58. The van der Waals surface area contributed by atoms with Crippen LogP contribution in [0.25, 0.3) is 11.6 Å². The lowest BCUT2D eigenvalue weighted by Gasteiger charge is -2.14. The van der Waals surface area contributed by atoms with Crippen molar-refractivity contribution < 1.29 is 19.4 Å². The van der Waals surface area contributed by atoms with Crippen molar-refractivity contribution >= 4 is 29.0 Å². The first-order valence-electron chi connectivity index (χ1n) is 6.85. The lowest BCUT2D eigenvalue weighted by atomic mass is 10.1. The quantitative estimate of drug-likeness (QED) is 0.812. The molecule has 2 rings (SSSR count). The van der Waals surface area contributed by atoms with E-state index in [-0.39, 0.29) is 11.7 Å². The van der Waals surface area contributed by atoms with E-state index in [0.29, 0.717) is 11.5 Å². The van der Waals surface area contributed by atoms with E-state index in [2.05, 4.69) is 0 Å². The predicted octanol–water partition coefficient (Wildman–Crippen LogP) is 4.17. The van der Waals surface area contributed by atoms with Crippen molar-refractivity contribution in [2.45, 2.75) is 20.0 Å². The molecule has 1 N–H and O–H groups in total. The Morgan fingerprint density at radius 1 is 1.27 bits per heavy atom. The fourth-order valence-electron chi connectivity index (χ4n) is 1.97. The van der Waals surface area contributed by atoms with Gasteiger partial charge in [0.2, 0.25) is 0 Å². The van der Waals surface area contributed by atoms with Gasteiger partial charge in [-0.1, -0.05) is 12.1 Å². The number of carboxylic acids is 1. The smallest absolute Gasteiger partial charge is 0.337 e. The molecular weight excluding hydrogens is 300 g/mol. The Hall–Kier alpha value is -2.27. The third-order valence-corrected chi connectivity index (χ3v) is 3.78. The maximum absolute atomic E-state index is 11.5. The number of rotatable bonds is 6. The molecule has 0 aliphatic rings. The van der Waals surface area contributed by atoms with Gasteiger partial charge in [0.25, 0.3) is 0 Å². The van der Waals surface area contributed by atoms with Crippen molar-refractivity contribution in [3.63, 3.8) is 0 Å². The van der Waals surface area contributed by atoms with Gasteiger partial charge in [-0.15, -0.1) is 11.3 Å². The first-order valence-corrected chi connectivity index (χ1v) is 7.72. The van der Waals surface area contributed by atoms with Crippen LogP contribution in [0.4, 0.5) is 0 Å². The fourth-order valence-corrected chi connectivity index (χ4v) is 2.70. The molecule has 0 amide bonds. The number of thiophene rings is 1. The molecule has 0 bridgehead atoms. The topological polar surface area (TPSA) is 55.8 Å². The molecule has 0 unspecified atom stereocenters. The first kappa shape index (κ1) is 16.1. The molecule has 22 heavy (non-hydrogen) atoms. The minimum atomic E-state index is -0.954. The lowest BCUT2D eigenvalue weighted by molar-refractivity contribution is -0.130. The van der Waals surface area contributed by atoms with Crippen molar-refractivity contribution in [1.82, 2.24) is 0 Å². The van der Waals surface area contributed by atoms with Crippen molar-refractivity contribution in [2.24, 2.45) is 0 Å². The van der Waals surface area contributed by atoms with Gasteiger partial charge in [0.15, 0.2) is 11.5 Å². The molecule has 1 aromatic carbocycles. The summed E-state index contributed by atoms with van der Waals surface area (Å²) in [5.41, 5.74) is 1.01. The standard InChI is InChI=1S/C17H18O4S/c1-11(2)21-15-10-12(6-7-14(15)20-3)9-13(17(18)19)16-5-4-8-22-16/h4-11H,1-3H3,(H,18,19)/b13-9-. The van der Waals surface area contributed by atoms with Crippen LogP contribution in [0.3, 0.4) is 0 Å². The second-order valence-corrected chi connectivity index (χ2v) is 5.87. The largest absolute Gasteiger partial charge is 0.493 e. The van der Waals surface area contributed by atoms with Crippen LogP contribution in [0.1, 0.15) is 24.3 Å². The van der Waals surface area contributed by atoms with E-state index in [1.807, 2.05) is 31.4 Å². The van der Waals surface area contributed by atoms with Gasteiger partial charge < -0.3 is 14.6 Å². The lowest BCUT2D eigenvalue weighted by Crippen LogP contribution is -2.06. The first-order chi connectivity index (χ1) is 10.5. The second kappa shape index (κ2) is 7.13. The van der Waals surface area contributed by atoms with Gasteiger partial charge in [-0.2, -0.15) is 0 Å². The highest BCUT2D eigenvalue weighted by Crippen LogP contribution is 2.31. The summed E-state index contributed by atoms with van der Waals surface area (Å²) in [5.74, 6) is 0.269. The molecule has 0 aliphatic heterocycles. The Bertz CT molecular complexity index is 672. The minimum absolute atomic E-state index is 0.00405. The molecule has 5 heteroatoms. The van der Waals surface area contributed by atoms with Gasteiger partial charge in [-0.25, -0.2) is 4.79 Å². The van der Waals surface area contributed by atoms with E-state index in [4.69, 9.17) is 9.47 Å². The highest BCUT2D eigenvalue weighted by Gasteiger charge is 2.13. The number of hydrogen-bond acceptors (Lipinski definition) is 4. The highest BCUT2D eigenvalue weighted by atomic mass is 32.1. The van der Waals surface area contributed by atoms with Gasteiger partial charge in [0.1, 0.15) is 0 Å². The Kier molecular flexibility index (Phi) is 5.22. The molecule has 0 atom stereocenters. The van der Waals surface area contributed by atoms with E-state index in [9.17, 15) is 9.90 Å². The minimum Gasteiger partial charge on any atom is -0.493 e. The Morgan fingerprint density at radius 3 is 2.59 bits per heavy atom. The van der Waals surface area contributed by atoms with Crippen LogP contribution in [0.15, 0.2) is 35.7 Å². The molecule has 0 saturated heterocycles. The molecule has 1 aromatic heterocycles. The number of carbonyl (C=O) groups is 1. The van der Waals surface area contributed by atoms with E-state index in [1.54, 1.807) is 31.4 Å². The number of methoxy groups -OCH3 is 1. The van der Waals surface area contributed by atoms with E-state index < -0.39 is 5.97 Å². The van der Waals surface area contributed by atoms with E-state index in [1.165, 1.54) is 11.3 Å². The summed E-state index contributed by atoms with van der Waals surface area (Å²) in [6, 6.07) is 8.99. The van der Waals surface area contributed by atoms with Crippen molar-refractivity contribution in [3.05, 3.63) is 46.2 Å². The van der Waals surface area contributed by atoms with Crippen LogP contribution >= 0.6 is 11.3 Å². The molecule has 0 fully saturated rings. The van der Waals surface area contributed by atoms with Gasteiger partial charge in [0, 0.05) is 4.88 Å². The maximum atomic E-state index is 11.5. The zero-order valence-corrected chi connectivity index (χ0v) is 13.5. The van der Waals surface area contributed by atoms with Crippen LogP contribution in [0.2, 0.25) is 0 Å². The summed E-state index contributed by atoms with van der Waals surface area (Å²) < 4.78 is 11.0. The van der Waals surface area contributed by atoms with Crippen LogP contribution in [-0.2, 0) is 4.79 Å². The summed E-state index contributed by atoms with van der Waals surface area (Å²) in [6.07, 6.45) is 1.64. The summed E-state index contributed by atoms with van der Waals surface area (Å²) in [6.45, 7) is 3.85.